The van der Waals surface area contributed by atoms with Crippen molar-refractivity contribution in [3.8, 4) is 16.2 Å². The Morgan fingerprint density at radius 3 is 2.82 bits per heavy atom. The van der Waals surface area contributed by atoms with Gasteiger partial charge in [0, 0.05) is 49.0 Å². The van der Waals surface area contributed by atoms with Crippen LogP contribution in [-0.4, -0.2) is 52.7 Å². The number of hydrogen-bond acceptors (Lipinski definition) is 7. The Bertz CT molecular complexity index is 1380. The van der Waals surface area contributed by atoms with Gasteiger partial charge in [0.1, 0.15) is 17.6 Å². The van der Waals surface area contributed by atoms with Crippen molar-refractivity contribution in [1.82, 2.24) is 19.5 Å². The summed E-state index contributed by atoms with van der Waals surface area (Å²) in [7, 11) is 3.39. The SMILES string of the molecule is COCc1c(-c2cc3cc(C)cc(OC)c3s2)c2c(N)ncnn2c1[C@H]1CCN(C(C)=O)C1. The lowest BCUT2D eigenvalue weighted by Gasteiger charge is -2.15. The molecule has 1 atom stereocenters. The third kappa shape index (κ3) is 3.52. The molecule has 0 bridgehead atoms. The normalized spacial score (nSPS) is 16.2. The van der Waals surface area contributed by atoms with Gasteiger partial charge in [-0.3, -0.25) is 4.79 Å². The van der Waals surface area contributed by atoms with Crippen LogP contribution in [0.4, 0.5) is 5.82 Å². The molecule has 3 aromatic heterocycles. The Kier molecular flexibility index (Phi) is 5.46. The second-order valence-electron chi connectivity index (χ2n) is 8.52. The van der Waals surface area contributed by atoms with Crippen LogP contribution < -0.4 is 10.5 Å². The highest BCUT2D eigenvalue weighted by Gasteiger charge is 2.33. The number of carbonyl (C=O) groups is 1. The zero-order chi connectivity index (χ0) is 23.3. The maximum Gasteiger partial charge on any atom is 0.219 e. The number of nitrogens with zero attached hydrogens (tertiary/aromatic N) is 4. The third-order valence-corrected chi connectivity index (χ3v) is 7.58. The Morgan fingerprint density at radius 1 is 1.30 bits per heavy atom. The molecule has 0 saturated carbocycles. The number of nitrogen functional groups attached to an aromatic ring is 1. The van der Waals surface area contributed by atoms with Gasteiger partial charge < -0.3 is 20.1 Å². The van der Waals surface area contributed by atoms with Crippen molar-refractivity contribution in [3.63, 3.8) is 0 Å². The number of aromatic nitrogens is 3. The number of likely N-dealkylation sites (tertiary alicyclic amines) is 1. The van der Waals surface area contributed by atoms with Gasteiger partial charge in [-0.15, -0.1) is 11.3 Å². The molecule has 1 amide bonds. The monoisotopic (exact) mass is 465 g/mol. The topological polar surface area (TPSA) is 95.0 Å². The van der Waals surface area contributed by atoms with Gasteiger partial charge in [-0.05, 0) is 36.4 Å². The number of carbonyl (C=O) groups excluding carboxylic acids is 1. The number of fused-ring (bicyclic) bond motifs is 2. The molecule has 1 saturated heterocycles. The standard InChI is InChI=1S/C24H27N5O3S/c1-13-7-16-9-19(33-23(16)18(8-13)32-4)20-17(11-31-3)21(15-5-6-28(10-15)14(2)30)29-22(20)24(25)26-12-27-29/h7-9,12,15H,5-6,10-11H2,1-4H3,(H2,25,26,27)/t15-/m0/s1. The summed E-state index contributed by atoms with van der Waals surface area (Å²) >= 11 is 1.67. The van der Waals surface area contributed by atoms with E-state index in [0.717, 1.165) is 61.6 Å². The molecule has 5 rings (SSSR count). The molecule has 8 nitrogen and oxygen atoms in total. The first-order valence-corrected chi connectivity index (χ1v) is 11.7. The summed E-state index contributed by atoms with van der Waals surface area (Å²) in [5, 5.41) is 5.71. The van der Waals surface area contributed by atoms with E-state index >= 15 is 0 Å². The van der Waals surface area contributed by atoms with E-state index in [4.69, 9.17) is 15.2 Å². The van der Waals surface area contributed by atoms with Crippen molar-refractivity contribution < 1.29 is 14.3 Å². The predicted octanol–water partition coefficient (Wildman–Crippen LogP) is 3.99. The summed E-state index contributed by atoms with van der Waals surface area (Å²) < 4.78 is 14.3. The molecule has 0 unspecified atom stereocenters. The lowest BCUT2D eigenvalue weighted by atomic mass is 9.98. The van der Waals surface area contributed by atoms with Crippen LogP contribution in [0.25, 0.3) is 26.0 Å². The fraction of sp³-hybridized carbons (Fsp3) is 0.375. The lowest BCUT2D eigenvalue weighted by Crippen LogP contribution is -2.25. The van der Waals surface area contributed by atoms with Gasteiger partial charge in [0.25, 0.3) is 0 Å². The van der Waals surface area contributed by atoms with E-state index in [9.17, 15) is 4.79 Å². The van der Waals surface area contributed by atoms with Gasteiger partial charge in [0.15, 0.2) is 5.82 Å². The van der Waals surface area contributed by atoms with Crippen molar-refractivity contribution in [2.24, 2.45) is 0 Å². The average molecular weight is 466 g/mol. The van der Waals surface area contributed by atoms with Crippen LogP contribution in [0.15, 0.2) is 24.5 Å². The zero-order valence-corrected chi connectivity index (χ0v) is 20.0. The first-order valence-electron chi connectivity index (χ1n) is 10.9. The smallest absolute Gasteiger partial charge is 0.219 e. The highest BCUT2D eigenvalue weighted by molar-refractivity contribution is 7.22. The summed E-state index contributed by atoms with van der Waals surface area (Å²) in [6.07, 6.45) is 2.35. The van der Waals surface area contributed by atoms with Crippen molar-refractivity contribution >= 4 is 38.7 Å². The molecular weight excluding hydrogens is 438 g/mol. The Hall–Kier alpha value is -3.17. The zero-order valence-electron chi connectivity index (χ0n) is 19.2. The third-order valence-electron chi connectivity index (χ3n) is 6.40. The molecular formula is C24H27N5O3S. The molecule has 33 heavy (non-hydrogen) atoms. The van der Waals surface area contributed by atoms with Gasteiger partial charge in [-0.1, -0.05) is 6.07 Å². The quantitative estimate of drug-likeness (QED) is 0.479. The largest absolute Gasteiger partial charge is 0.495 e. The minimum atomic E-state index is 0.0907. The van der Waals surface area contributed by atoms with E-state index in [2.05, 4.69) is 29.1 Å². The van der Waals surface area contributed by atoms with E-state index in [1.807, 2.05) is 15.5 Å². The summed E-state index contributed by atoms with van der Waals surface area (Å²) in [6, 6.07) is 6.39. The number of ether oxygens (including phenoxy) is 2. The number of anilines is 1. The number of nitrogens with two attached hydrogens (primary N) is 1. The number of thiophene rings is 1. The fourth-order valence-electron chi connectivity index (χ4n) is 4.97. The van der Waals surface area contributed by atoms with Crippen LogP contribution in [0.5, 0.6) is 5.75 Å². The Balaban J connectivity index is 1.78. The van der Waals surface area contributed by atoms with Gasteiger partial charge >= 0.3 is 0 Å². The van der Waals surface area contributed by atoms with Crippen molar-refractivity contribution in [1.29, 1.82) is 0 Å². The van der Waals surface area contributed by atoms with E-state index in [1.165, 1.54) is 6.33 Å². The highest BCUT2D eigenvalue weighted by atomic mass is 32.1. The van der Waals surface area contributed by atoms with Crippen molar-refractivity contribution in [2.75, 3.05) is 33.0 Å². The first kappa shape index (κ1) is 21.7. The van der Waals surface area contributed by atoms with Crippen LogP contribution in [0.2, 0.25) is 0 Å². The summed E-state index contributed by atoms with van der Waals surface area (Å²) in [6.45, 7) is 5.48. The van der Waals surface area contributed by atoms with E-state index < -0.39 is 0 Å². The van der Waals surface area contributed by atoms with Crippen LogP contribution >= 0.6 is 11.3 Å². The molecule has 1 aliphatic heterocycles. The van der Waals surface area contributed by atoms with Crippen LogP contribution in [0, 0.1) is 6.92 Å². The average Bonchev–Trinajstić information content (AvgIpc) is 3.49. The second-order valence-corrected chi connectivity index (χ2v) is 9.58. The van der Waals surface area contributed by atoms with Crippen LogP contribution in [-0.2, 0) is 16.1 Å². The highest BCUT2D eigenvalue weighted by Crippen LogP contribution is 2.46. The number of methoxy groups -OCH3 is 2. The van der Waals surface area contributed by atoms with Crippen molar-refractivity contribution in [2.45, 2.75) is 32.8 Å². The Morgan fingerprint density at radius 2 is 2.12 bits per heavy atom. The number of aryl methyl sites for hydroxylation is 1. The maximum absolute atomic E-state index is 12.0. The summed E-state index contributed by atoms with van der Waals surface area (Å²) in [4.78, 5) is 19.3. The minimum absolute atomic E-state index is 0.0907. The molecule has 2 N–H and O–H groups in total. The maximum atomic E-state index is 12.0. The summed E-state index contributed by atoms with van der Waals surface area (Å²) in [5.41, 5.74) is 11.4. The predicted molar refractivity (Wildman–Crippen MR) is 130 cm³/mol. The van der Waals surface area contributed by atoms with E-state index in [-0.39, 0.29) is 11.8 Å². The van der Waals surface area contributed by atoms with E-state index in [1.54, 1.807) is 32.5 Å². The van der Waals surface area contributed by atoms with E-state index in [0.29, 0.717) is 19.0 Å². The summed E-state index contributed by atoms with van der Waals surface area (Å²) in [5.74, 6) is 1.51. The molecule has 9 heteroatoms. The second kappa shape index (κ2) is 8.31. The van der Waals surface area contributed by atoms with Crippen molar-refractivity contribution in [3.05, 3.63) is 41.3 Å². The number of hydrogen-bond donors (Lipinski definition) is 1. The minimum Gasteiger partial charge on any atom is -0.495 e. The molecule has 1 fully saturated rings. The first-order chi connectivity index (χ1) is 15.9. The molecule has 1 aliphatic rings. The van der Waals surface area contributed by atoms with Gasteiger partial charge in [-0.25, -0.2) is 9.50 Å². The van der Waals surface area contributed by atoms with Crippen LogP contribution in [0.3, 0.4) is 0 Å². The molecule has 172 valence electrons. The molecule has 0 radical (unpaired) electrons. The van der Waals surface area contributed by atoms with Gasteiger partial charge in [0.2, 0.25) is 5.91 Å². The molecule has 1 aromatic carbocycles. The molecule has 4 aromatic rings. The lowest BCUT2D eigenvalue weighted by molar-refractivity contribution is -0.127. The number of amides is 1. The number of benzene rings is 1. The van der Waals surface area contributed by atoms with Crippen LogP contribution in [0.1, 0.15) is 36.1 Å². The Labute approximate surface area is 195 Å². The fourth-order valence-corrected chi connectivity index (χ4v) is 6.17. The number of rotatable bonds is 5. The molecule has 0 spiro atoms. The van der Waals surface area contributed by atoms with Gasteiger partial charge in [-0.2, -0.15) is 5.10 Å². The molecule has 4 heterocycles. The van der Waals surface area contributed by atoms with Gasteiger partial charge in [0.05, 0.1) is 24.1 Å². The molecule has 0 aliphatic carbocycles.